The van der Waals surface area contributed by atoms with Gasteiger partial charge in [0.05, 0.1) is 11.6 Å². The van der Waals surface area contributed by atoms with Crippen molar-refractivity contribution in [3.05, 3.63) is 18.2 Å². The Morgan fingerprint density at radius 3 is 2.86 bits per heavy atom. The van der Waals surface area contributed by atoms with Gasteiger partial charge in [-0.2, -0.15) is 0 Å². The number of aromatic nitrogens is 2. The van der Waals surface area contributed by atoms with Crippen LogP contribution in [0.1, 0.15) is 52.5 Å². The van der Waals surface area contributed by atoms with Crippen LogP contribution >= 0.6 is 0 Å². The van der Waals surface area contributed by atoms with E-state index in [2.05, 4.69) is 22.5 Å². The summed E-state index contributed by atoms with van der Waals surface area (Å²) in [6.45, 7) is 6.39. The van der Waals surface area contributed by atoms with Crippen LogP contribution < -0.4 is 10.5 Å². The van der Waals surface area contributed by atoms with Crippen LogP contribution in [0.4, 0.5) is 5.95 Å². The molecular formula is C17H25N3O. The Morgan fingerprint density at radius 1 is 1.33 bits per heavy atom. The van der Waals surface area contributed by atoms with Crippen molar-refractivity contribution in [3.63, 3.8) is 0 Å². The van der Waals surface area contributed by atoms with Crippen LogP contribution in [-0.4, -0.2) is 15.7 Å². The van der Waals surface area contributed by atoms with E-state index in [4.69, 9.17) is 10.5 Å². The maximum Gasteiger partial charge on any atom is 0.201 e. The van der Waals surface area contributed by atoms with E-state index in [1.807, 2.05) is 26.0 Å². The van der Waals surface area contributed by atoms with Gasteiger partial charge in [0, 0.05) is 6.04 Å². The molecule has 0 amide bonds. The second-order valence-corrected chi connectivity index (χ2v) is 6.56. The van der Waals surface area contributed by atoms with E-state index in [1.165, 1.54) is 25.7 Å². The highest BCUT2D eigenvalue weighted by molar-refractivity contribution is 5.84. The lowest BCUT2D eigenvalue weighted by Crippen LogP contribution is -2.19. The summed E-state index contributed by atoms with van der Waals surface area (Å²) >= 11 is 0. The molecular weight excluding hydrogens is 262 g/mol. The Kier molecular flexibility index (Phi) is 3.79. The lowest BCUT2D eigenvalue weighted by Gasteiger charge is -2.28. The molecule has 2 unspecified atom stereocenters. The first kappa shape index (κ1) is 14.2. The average molecular weight is 287 g/mol. The van der Waals surface area contributed by atoms with Crippen molar-refractivity contribution >= 4 is 17.0 Å². The molecule has 1 aromatic carbocycles. The Hall–Kier alpha value is -1.71. The van der Waals surface area contributed by atoms with Gasteiger partial charge in [-0.1, -0.05) is 25.8 Å². The number of fused-ring (bicyclic) bond motifs is 1. The van der Waals surface area contributed by atoms with Gasteiger partial charge in [-0.05, 0) is 44.7 Å². The zero-order valence-electron chi connectivity index (χ0n) is 13.2. The molecule has 1 aliphatic rings. The average Bonchev–Trinajstić information content (AvgIpc) is 2.75. The van der Waals surface area contributed by atoms with Gasteiger partial charge in [-0.25, -0.2) is 4.98 Å². The third kappa shape index (κ3) is 2.71. The van der Waals surface area contributed by atoms with E-state index in [-0.39, 0.29) is 6.10 Å². The number of rotatable bonds is 3. The standard InChI is InChI=1S/C17H25N3O/c1-11(2)21-15-9-5-8-14-16(15)19-17(18)20(14)13-7-4-6-12(3)10-13/h5,8-9,11-13H,4,6-7,10H2,1-3H3,(H2,18,19). The lowest BCUT2D eigenvalue weighted by atomic mass is 9.87. The number of nitrogens with zero attached hydrogens (tertiary/aromatic N) is 2. The topological polar surface area (TPSA) is 53.1 Å². The number of nitrogen functional groups attached to an aromatic ring is 1. The van der Waals surface area contributed by atoms with E-state index < -0.39 is 0 Å². The maximum atomic E-state index is 6.23. The first-order valence-corrected chi connectivity index (χ1v) is 7.99. The summed E-state index contributed by atoms with van der Waals surface area (Å²) in [6, 6.07) is 6.57. The number of imidazole rings is 1. The third-order valence-corrected chi connectivity index (χ3v) is 4.35. The van der Waals surface area contributed by atoms with Crippen LogP contribution in [0.3, 0.4) is 0 Å². The molecule has 2 atom stereocenters. The molecule has 1 aromatic heterocycles. The van der Waals surface area contributed by atoms with E-state index in [1.54, 1.807) is 0 Å². The van der Waals surface area contributed by atoms with Crippen molar-refractivity contribution in [1.29, 1.82) is 0 Å². The summed E-state index contributed by atoms with van der Waals surface area (Å²) in [5.41, 5.74) is 8.22. The molecule has 4 nitrogen and oxygen atoms in total. The second kappa shape index (κ2) is 5.58. The van der Waals surface area contributed by atoms with Crippen LogP contribution in [0, 0.1) is 5.92 Å². The minimum absolute atomic E-state index is 0.136. The number of benzene rings is 1. The summed E-state index contributed by atoms with van der Waals surface area (Å²) < 4.78 is 8.09. The van der Waals surface area contributed by atoms with Crippen LogP contribution in [0.2, 0.25) is 0 Å². The summed E-state index contributed by atoms with van der Waals surface area (Å²) in [5.74, 6) is 2.21. The van der Waals surface area contributed by atoms with Gasteiger partial charge in [0.1, 0.15) is 11.3 Å². The van der Waals surface area contributed by atoms with Gasteiger partial charge < -0.3 is 15.0 Å². The number of hydrogen-bond donors (Lipinski definition) is 1. The molecule has 1 aliphatic carbocycles. The fourth-order valence-corrected chi connectivity index (χ4v) is 3.48. The molecule has 21 heavy (non-hydrogen) atoms. The molecule has 0 spiro atoms. The zero-order chi connectivity index (χ0) is 15.0. The summed E-state index contributed by atoms with van der Waals surface area (Å²) in [5, 5.41) is 0. The normalized spacial score (nSPS) is 22.9. The highest BCUT2D eigenvalue weighted by Crippen LogP contribution is 2.37. The number of nitrogens with two attached hydrogens (primary N) is 1. The van der Waals surface area contributed by atoms with Crippen LogP contribution in [0.25, 0.3) is 11.0 Å². The van der Waals surface area contributed by atoms with Crippen molar-refractivity contribution in [2.45, 2.75) is 58.6 Å². The lowest BCUT2D eigenvalue weighted by molar-refractivity contribution is 0.245. The van der Waals surface area contributed by atoms with Crippen LogP contribution in [0.15, 0.2) is 18.2 Å². The smallest absolute Gasteiger partial charge is 0.201 e. The Bertz CT molecular complexity index is 632. The van der Waals surface area contributed by atoms with Crippen LogP contribution in [0.5, 0.6) is 5.75 Å². The SMILES string of the molecule is CC1CCCC(n2c(N)nc3c(OC(C)C)cccc32)C1. The maximum absolute atomic E-state index is 6.23. The van der Waals surface area contributed by atoms with Crippen molar-refractivity contribution in [3.8, 4) is 5.75 Å². The third-order valence-electron chi connectivity index (χ3n) is 4.35. The first-order chi connectivity index (χ1) is 10.1. The molecule has 0 radical (unpaired) electrons. The molecule has 0 aliphatic heterocycles. The minimum Gasteiger partial charge on any atom is -0.489 e. The highest BCUT2D eigenvalue weighted by atomic mass is 16.5. The predicted octanol–water partition coefficient (Wildman–Crippen LogP) is 4.16. The van der Waals surface area contributed by atoms with Gasteiger partial charge in [0.15, 0.2) is 0 Å². The van der Waals surface area contributed by atoms with E-state index >= 15 is 0 Å². The van der Waals surface area contributed by atoms with E-state index in [0.29, 0.717) is 12.0 Å². The molecule has 1 saturated carbocycles. The molecule has 4 heteroatoms. The summed E-state index contributed by atoms with van der Waals surface area (Å²) in [4.78, 5) is 4.58. The predicted molar refractivity (Wildman–Crippen MR) is 86.6 cm³/mol. The zero-order valence-corrected chi connectivity index (χ0v) is 13.2. The van der Waals surface area contributed by atoms with E-state index in [9.17, 15) is 0 Å². The van der Waals surface area contributed by atoms with Gasteiger partial charge >= 0.3 is 0 Å². The number of anilines is 1. The number of hydrogen-bond acceptors (Lipinski definition) is 3. The molecule has 1 heterocycles. The largest absolute Gasteiger partial charge is 0.489 e. The number of para-hydroxylation sites is 1. The molecule has 2 N–H and O–H groups in total. The van der Waals surface area contributed by atoms with Gasteiger partial charge in [0.25, 0.3) is 0 Å². The number of ether oxygens (including phenoxy) is 1. The summed E-state index contributed by atoms with van der Waals surface area (Å²) in [6.07, 6.45) is 5.11. The second-order valence-electron chi connectivity index (χ2n) is 6.56. The molecule has 3 rings (SSSR count). The fourth-order valence-electron chi connectivity index (χ4n) is 3.48. The summed E-state index contributed by atoms with van der Waals surface area (Å²) in [7, 11) is 0. The fraction of sp³-hybridized carbons (Fsp3) is 0.588. The molecule has 0 saturated heterocycles. The van der Waals surface area contributed by atoms with Gasteiger partial charge in [0.2, 0.25) is 5.95 Å². The molecule has 1 fully saturated rings. The Labute approximate surface area is 126 Å². The van der Waals surface area contributed by atoms with E-state index in [0.717, 1.165) is 22.7 Å². The van der Waals surface area contributed by atoms with Gasteiger partial charge in [-0.15, -0.1) is 0 Å². The molecule has 0 bridgehead atoms. The van der Waals surface area contributed by atoms with Crippen molar-refractivity contribution in [2.75, 3.05) is 5.73 Å². The Morgan fingerprint density at radius 2 is 2.14 bits per heavy atom. The first-order valence-electron chi connectivity index (χ1n) is 7.99. The van der Waals surface area contributed by atoms with Crippen molar-refractivity contribution in [1.82, 2.24) is 9.55 Å². The molecule has 2 aromatic rings. The highest BCUT2D eigenvalue weighted by Gasteiger charge is 2.24. The Balaban J connectivity index is 2.05. The minimum atomic E-state index is 0.136. The van der Waals surface area contributed by atoms with Crippen LogP contribution in [-0.2, 0) is 0 Å². The monoisotopic (exact) mass is 287 g/mol. The quantitative estimate of drug-likeness (QED) is 0.922. The van der Waals surface area contributed by atoms with Gasteiger partial charge in [-0.3, -0.25) is 0 Å². The van der Waals surface area contributed by atoms with Crippen molar-refractivity contribution in [2.24, 2.45) is 5.92 Å². The molecule has 114 valence electrons. The van der Waals surface area contributed by atoms with Crippen molar-refractivity contribution < 1.29 is 4.74 Å².